The van der Waals surface area contributed by atoms with Crippen molar-refractivity contribution in [1.29, 1.82) is 0 Å². The number of rotatable bonds is 31. The van der Waals surface area contributed by atoms with Crippen molar-refractivity contribution in [2.75, 3.05) is 59.5 Å². The normalized spacial score (nSPS) is 17.3. The van der Waals surface area contributed by atoms with Crippen LogP contribution >= 0.6 is 0 Å². The highest BCUT2D eigenvalue weighted by molar-refractivity contribution is 5.43. The summed E-state index contributed by atoms with van der Waals surface area (Å²) in [7, 11) is 0. The standard InChI is InChI=1S/C14H20O2.4C13H20O2.C8H16O4/c1-2-3-5-11-6-4-7-12-8-9-13(10-15)16-14(11)12;1-3-11(2)10-12-6-4-5-7-13(12)15-9-8-14;1-3-6-11(2)12-7-4-5-8-13(12)15-10-9-14;1-3-4-7-12-8-5-6-9-13(12)15-10-11(2)14;1-3-4-5-12-10-11(2)6-7-13(12)15-9-8-14;1-2-5-7(10)8(11)6(12-5)3-4-9/h4,6-7,13,15H,2-3,5,8-10H2,1H3;4-7,11,14H,3,8-10H2,1-2H3;4-5,7-8,11,14H,3,6,9-10H2,1-2H3;5-6,8-9,11,14H,3-4,7,10H2,1-2H3;6-7,10,14H,3-5,8-9H2,1-2H3;5-11H,2-4H2,1H3/t;;;;;5-,6+,7-,8+/m.....1/s1. The topological polar surface area (TPSA) is 217 Å². The fourth-order valence-corrected chi connectivity index (χ4v) is 10.00. The lowest BCUT2D eigenvalue weighted by molar-refractivity contribution is -0.00488. The van der Waals surface area contributed by atoms with Crippen LogP contribution in [0.25, 0.3) is 0 Å². The van der Waals surface area contributed by atoms with Gasteiger partial charge in [0.2, 0.25) is 0 Å². The lowest BCUT2D eigenvalue weighted by Crippen LogP contribution is -2.32. The molecule has 5 aromatic carbocycles. The quantitative estimate of drug-likeness (QED) is 0.0207. The Kier molecular flexibility index (Phi) is 43.5. The van der Waals surface area contributed by atoms with Crippen molar-refractivity contribution < 1.29 is 69.3 Å². The van der Waals surface area contributed by atoms with E-state index in [1.807, 2.05) is 73.7 Å². The third-order valence-corrected chi connectivity index (χ3v) is 15.2. The number of unbranched alkanes of at least 4 members (excludes halogenated alkanes) is 3. The van der Waals surface area contributed by atoms with E-state index in [1.165, 1.54) is 96.7 Å². The fourth-order valence-electron chi connectivity index (χ4n) is 10.00. The van der Waals surface area contributed by atoms with Crippen LogP contribution in [0.2, 0.25) is 0 Å². The SMILES string of the molecule is CCC(C)Cc1ccccc1OCCO.CCCC(C)c1ccccc1OCCO.CCCCc1cc(C)ccc1OCCO.CCCCc1cccc2c1OC(CO)CC2.CCCCc1ccccc1OCC(C)O.CC[C@H]1O[C@@H](CCO)[C@H](O)[C@@H]1O. The smallest absolute Gasteiger partial charge is 0.126 e. The summed E-state index contributed by atoms with van der Waals surface area (Å²) < 4.78 is 33.2. The molecule has 7 rings (SSSR count). The Hall–Kier alpha value is -5.26. The average molecular weight is 1230 g/mol. The van der Waals surface area contributed by atoms with Crippen molar-refractivity contribution in [2.24, 2.45) is 5.92 Å². The molecule has 0 saturated carbocycles. The first kappa shape index (κ1) is 78.8. The van der Waals surface area contributed by atoms with E-state index in [0.29, 0.717) is 51.1 Å². The molecule has 0 spiro atoms. The van der Waals surface area contributed by atoms with E-state index < -0.39 is 24.4 Å². The van der Waals surface area contributed by atoms with Gasteiger partial charge in [0.25, 0.3) is 0 Å². The van der Waals surface area contributed by atoms with Crippen molar-refractivity contribution in [1.82, 2.24) is 0 Å². The molecule has 2 heterocycles. The second-order valence-corrected chi connectivity index (χ2v) is 22.9. The Balaban J connectivity index is 0.000000361. The number of para-hydroxylation sites is 4. The zero-order valence-corrected chi connectivity index (χ0v) is 55.4. The molecule has 2 aliphatic heterocycles. The minimum atomic E-state index is -0.845. The number of hydrogen-bond acceptors (Lipinski definition) is 14. The van der Waals surface area contributed by atoms with Crippen LogP contribution in [0.15, 0.2) is 109 Å². The number of hydrogen-bond donors (Lipinski definition) is 8. The molecule has 0 radical (unpaired) electrons. The molecule has 14 nitrogen and oxygen atoms in total. The molecule has 8 atom stereocenters. The molecule has 88 heavy (non-hydrogen) atoms. The van der Waals surface area contributed by atoms with Gasteiger partial charge in [0.15, 0.2) is 0 Å². The van der Waals surface area contributed by atoms with E-state index in [0.717, 1.165) is 67.3 Å². The first-order valence-corrected chi connectivity index (χ1v) is 33.0. The Bertz CT molecular complexity index is 2500. The highest BCUT2D eigenvalue weighted by atomic mass is 16.5. The summed E-state index contributed by atoms with van der Waals surface area (Å²) in [6.45, 7) is 22.9. The Morgan fingerprint density at radius 2 is 1.07 bits per heavy atom. The maximum Gasteiger partial charge on any atom is 0.126 e. The predicted molar refractivity (Wildman–Crippen MR) is 357 cm³/mol. The molecule has 5 aromatic rings. The fraction of sp³-hybridized carbons (Fsp3) is 0.595. The van der Waals surface area contributed by atoms with E-state index in [4.69, 9.17) is 59.1 Å². The molecule has 496 valence electrons. The molecule has 1 saturated heterocycles. The number of ether oxygens (including phenoxy) is 6. The summed E-state index contributed by atoms with van der Waals surface area (Å²) in [6.07, 6.45) is 15.1. The van der Waals surface area contributed by atoms with E-state index in [9.17, 15) is 10.2 Å². The second-order valence-electron chi connectivity index (χ2n) is 22.9. The van der Waals surface area contributed by atoms with Crippen molar-refractivity contribution in [3.05, 3.63) is 148 Å². The molecular weight excluding hydrogens is 1110 g/mol. The van der Waals surface area contributed by atoms with Crippen LogP contribution in [0.4, 0.5) is 0 Å². The van der Waals surface area contributed by atoms with Crippen molar-refractivity contribution in [2.45, 2.75) is 221 Å². The highest BCUT2D eigenvalue weighted by Gasteiger charge is 2.41. The molecule has 2 aliphatic rings. The molecule has 8 N–H and O–H groups in total. The van der Waals surface area contributed by atoms with Gasteiger partial charge in [0.1, 0.15) is 73.5 Å². The van der Waals surface area contributed by atoms with Gasteiger partial charge in [-0.15, -0.1) is 0 Å². The summed E-state index contributed by atoms with van der Waals surface area (Å²) in [5.41, 5.74) is 8.84. The van der Waals surface area contributed by atoms with E-state index >= 15 is 0 Å². The van der Waals surface area contributed by atoms with E-state index in [1.54, 1.807) is 6.92 Å². The first-order valence-electron chi connectivity index (χ1n) is 33.0. The van der Waals surface area contributed by atoms with Crippen LogP contribution in [-0.4, -0.2) is 137 Å². The van der Waals surface area contributed by atoms with Gasteiger partial charge >= 0.3 is 0 Å². The van der Waals surface area contributed by atoms with Gasteiger partial charge in [-0.2, -0.15) is 0 Å². The van der Waals surface area contributed by atoms with Crippen LogP contribution in [0.1, 0.15) is 184 Å². The van der Waals surface area contributed by atoms with Crippen molar-refractivity contribution in [3.63, 3.8) is 0 Å². The second kappa shape index (κ2) is 48.6. The number of aliphatic hydroxyl groups excluding tert-OH is 8. The molecule has 0 amide bonds. The number of fused-ring (bicyclic) bond motifs is 1. The summed E-state index contributed by atoms with van der Waals surface area (Å²) in [4.78, 5) is 0. The van der Waals surface area contributed by atoms with Crippen LogP contribution in [-0.2, 0) is 36.8 Å². The number of aryl methyl sites for hydroxylation is 5. The maximum atomic E-state index is 9.40. The minimum absolute atomic E-state index is 0.00437. The molecule has 1 fully saturated rings. The molecule has 4 unspecified atom stereocenters. The minimum Gasteiger partial charge on any atom is -0.491 e. The molecular formula is C74H116O14. The zero-order chi connectivity index (χ0) is 64.9. The van der Waals surface area contributed by atoms with Crippen LogP contribution in [0.5, 0.6) is 28.7 Å². The molecule has 0 bridgehead atoms. The summed E-state index contributed by atoms with van der Waals surface area (Å²) in [6, 6.07) is 36.8. The summed E-state index contributed by atoms with van der Waals surface area (Å²) in [5.74, 6) is 5.88. The van der Waals surface area contributed by atoms with E-state index in [2.05, 4.69) is 97.9 Å². The number of benzene rings is 5. The maximum absolute atomic E-state index is 9.40. The summed E-state index contributed by atoms with van der Waals surface area (Å²) >= 11 is 0. The van der Waals surface area contributed by atoms with Crippen LogP contribution in [0, 0.1) is 12.8 Å². The van der Waals surface area contributed by atoms with Gasteiger partial charge in [0.05, 0.1) is 44.7 Å². The van der Waals surface area contributed by atoms with Crippen molar-refractivity contribution >= 4 is 0 Å². The van der Waals surface area contributed by atoms with E-state index in [-0.39, 0.29) is 45.2 Å². The van der Waals surface area contributed by atoms with Gasteiger partial charge in [-0.25, -0.2) is 0 Å². The van der Waals surface area contributed by atoms with Crippen molar-refractivity contribution in [3.8, 4) is 28.7 Å². The monoisotopic (exact) mass is 1230 g/mol. The highest BCUT2D eigenvalue weighted by Crippen LogP contribution is 2.33. The Morgan fingerprint density at radius 3 is 1.61 bits per heavy atom. The third kappa shape index (κ3) is 31.0. The van der Waals surface area contributed by atoms with Gasteiger partial charge in [-0.05, 0) is 160 Å². The molecule has 0 aliphatic carbocycles. The first-order chi connectivity index (χ1) is 42.6. The summed E-state index contributed by atoms with van der Waals surface area (Å²) in [5, 5.41) is 71.9. The van der Waals surface area contributed by atoms with Gasteiger partial charge in [-0.1, -0.05) is 178 Å². The third-order valence-electron chi connectivity index (χ3n) is 15.2. The Labute approximate surface area is 530 Å². The predicted octanol–water partition coefficient (Wildman–Crippen LogP) is 13.1. The van der Waals surface area contributed by atoms with Gasteiger partial charge in [0, 0.05) is 6.61 Å². The van der Waals surface area contributed by atoms with Gasteiger partial charge < -0.3 is 69.3 Å². The molecule has 14 heteroatoms. The largest absolute Gasteiger partial charge is 0.491 e. The lowest BCUT2D eigenvalue weighted by atomic mass is 9.96. The zero-order valence-electron chi connectivity index (χ0n) is 55.4. The van der Waals surface area contributed by atoms with Crippen LogP contribution in [0.3, 0.4) is 0 Å². The number of aliphatic hydroxyl groups is 8. The Morgan fingerprint density at radius 1 is 0.545 bits per heavy atom. The lowest BCUT2D eigenvalue weighted by Gasteiger charge is -2.26. The average Bonchev–Trinajstić information content (AvgIpc) is 2.05. The van der Waals surface area contributed by atoms with Gasteiger partial charge in [-0.3, -0.25) is 0 Å². The van der Waals surface area contributed by atoms with Crippen LogP contribution < -0.4 is 23.7 Å². The molecule has 0 aromatic heterocycles.